The van der Waals surface area contributed by atoms with Gasteiger partial charge in [-0.25, -0.2) is 0 Å². The van der Waals surface area contributed by atoms with Crippen molar-refractivity contribution in [3.63, 3.8) is 0 Å². The van der Waals surface area contributed by atoms with Crippen molar-refractivity contribution >= 4 is 17.3 Å². The van der Waals surface area contributed by atoms with Crippen LogP contribution in [0, 0.1) is 5.92 Å². The average Bonchev–Trinajstić information content (AvgIpc) is 2.46. The zero-order chi connectivity index (χ0) is 15.6. The fraction of sp³-hybridized carbons (Fsp3) is 0.600. The molecule has 2 unspecified atom stereocenters. The van der Waals surface area contributed by atoms with Crippen molar-refractivity contribution in [2.45, 2.75) is 31.5 Å². The molecule has 2 rings (SSSR count). The third-order valence-electron chi connectivity index (χ3n) is 4.05. The lowest BCUT2D eigenvalue weighted by atomic mass is 9.94. The van der Waals surface area contributed by atoms with Gasteiger partial charge in [0, 0.05) is 31.8 Å². The molecule has 0 saturated carbocycles. The third kappa shape index (κ3) is 3.64. The Morgan fingerprint density at radius 3 is 2.67 bits per heavy atom. The predicted octanol–water partition coefficient (Wildman–Crippen LogP) is 4.31. The summed E-state index contributed by atoms with van der Waals surface area (Å²) in [5, 5.41) is 0. The SMILES string of the molecule is COC1CN(c2ccc(CCl)cc2C(F)(F)F)CCC1C. The third-order valence-corrected chi connectivity index (χ3v) is 4.36. The lowest BCUT2D eigenvalue weighted by Crippen LogP contribution is -2.44. The van der Waals surface area contributed by atoms with Crippen LogP contribution in [0.4, 0.5) is 18.9 Å². The van der Waals surface area contributed by atoms with Gasteiger partial charge in [-0.3, -0.25) is 0 Å². The van der Waals surface area contributed by atoms with E-state index < -0.39 is 11.7 Å². The van der Waals surface area contributed by atoms with Crippen LogP contribution in [0.1, 0.15) is 24.5 Å². The summed E-state index contributed by atoms with van der Waals surface area (Å²) < 4.78 is 45.2. The van der Waals surface area contributed by atoms with Crippen LogP contribution in [0.3, 0.4) is 0 Å². The average molecular weight is 322 g/mol. The molecular formula is C15H19ClF3NO. The van der Waals surface area contributed by atoms with E-state index in [1.165, 1.54) is 6.07 Å². The van der Waals surface area contributed by atoms with Crippen molar-refractivity contribution in [3.8, 4) is 0 Å². The van der Waals surface area contributed by atoms with E-state index in [0.29, 0.717) is 24.6 Å². The Morgan fingerprint density at radius 2 is 2.10 bits per heavy atom. The molecular weight excluding hydrogens is 303 g/mol. The highest BCUT2D eigenvalue weighted by atomic mass is 35.5. The van der Waals surface area contributed by atoms with Gasteiger partial charge in [0.2, 0.25) is 0 Å². The minimum absolute atomic E-state index is 0.0486. The first-order valence-corrected chi connectivity index (χ1v) is 7.44. The fourth-order valence-electron chi connectivity index (χ4n) is 2.73. The molecule has 2 atom stereocenters. The quantitative estimate of drug-likeness (QED) is 0.769. The molecule has 0 amide bonds. The smallest absolute Gasteiger partial charge is 0.379 e. The van der Waals surface area contributed by atoms with Crippen LogP contribution >= 0.6 is 11.6 Å². The van der Waals surface area contributed by atoms with E-state index in [0.717, 1.165) is 12.5 Å². The maximum Gasteiger partial charge on any atom is 0.418 e. The lowest BCUT2D eigenvalue weighted by molar-refractivity contribution is -0.137. The van der Waals surface area contributed by atoms with Crippen molar-refractivity contribution in [2.24, 2.45) is 5.92 Å². The summed E-state index contributed by atoms with van der Waals surface area (Å²) in [4.78, 5) is 1.76. The fourth-order valence-corrected chi connectivity index (χ4v) is 2.89. The zero-order valence-corrected chi connectivity index (χ0v) is 12.8. The van der Waals surface area contributed by atoms with Gasteiger partial charge in [-0.2, -0.15) is 13.2 Å². The number of benzene rings is 1. The number of piperidine rings is 1. The van der Waals surface area contributed by atoms with Crippen LogP contribution in [-0.2, 0) is 16.8 Å². The summed E-state index contributed by atoms with van der Waals surface area (Å²) in [6.07, 6.45) is -3.62. The Balaban J connectivity index is 2.35. The van der Waals surface area contributed by atoms with Gasteiger partial charge < -0.3 is 9.64 Å². The number of nitrogens with zero attached hydrogens (tertiary/aromatic N) is 1. The molecule has 1 aromatic carbocycles. The van der Waals surface area contributed by atoms with Gasteiger partial charge in [0.15, 0.2) is 0 Å². The number of hydrogen-bond donors (Lipinski definition) is 0. The second-order valence-electron chi connectivity index (χ2n) is 5.47. The van der Waals surface area contributed by atoms with Crippen LogP contribution < -0.4 is 4.90 Å². The Morgan fingerprint density at radius 1 is 1.38 bits per heavy atom. The van der Waals surface area contributed by atoms with Crippen LogP contribution in [-0.4, -0.2) is 26.3 Å². The number of alkyl halides is 4. The lowest BCUT2D eigenvalue weighted by Gasteiger charge is -2.38. The molecule has 1 saturated heterocycles. The molecule has 1 aliphatic heterocycles. The summed E-state index contributed by atoms with van der Waals surface area (Å²) in [6, 6.07) is 4.31. The van der Waals surface area contributed by atoms with E-state index >= 15 is 0 Å². The number of anilines is 1. The predicted molar refractivity (Wildman–Crippen MR) is 77.8 cm³/mol. The van der Waals surface area contributed by atoms with E-state index in [1.54, 1.807) is 18.1 Å². The molecule has 118 valence electrons. The van der Waals surface area contributed by atoms with E-state index in [-0.39, 0.29) is 17.7 Å². The minimum atomic E-state index is -4.39. The first-order chi connectivity index (χ1) is 9.86. The molecule has 6 heteroatoms. The molecule has 21 heavy (non-hydrogen) atoms. The Kier molecular flexibility index (Phi) is 5.04. The van der Waals surface area contributed by atoms with Gasteiger partial charge in [0.05, 0.1) is 11.7 Å². The number of rotatable bonds is 3. The van der Waals surface area contributed by atoms with Crippen molar-refractivity contribution in [3.05, 3.63) is 29.3 Å². The first-order valence-electron chi connectivity index (χ1n) is 6.90. The van der Waals surface area contributed by atoms with Gasteiger partial charge in [-0.15, -0.1) is 11.6 Å². The highest BCUT2D eigenvalue weighted by Crippen LogP contribution is 2.39. The Hall–Kier alpha value is -0.940. The van der Waals surface area contributed by atoms with E-state index in [1.807, 2.05) is 0 Å². The molecule has 0 radical (unpaired) electrons. The van der Waals surface area contributed by atoms with Crippen LogP contribution in [0.15, 0.2) is 18.2 Å². The first kappa shape index (κ1) is 16.4. The number of methoxy groups -OCH3 is 1. The minimum Gasteiger partial charge on any atom is -0.379 e. The monoisotopic (exact) mass is 321 g/mol. The number of hydrogen-bond acceptors (Lipinski definition) is 2. The summed E-state index contributed by atoms with van der Waals surface area (Å²) in [6.45, 7) is 3.14. The van der Waals surface area contributed by atoms with Crippen molar-refractivity contribution in [1.29, 1.82) is 0 Å². The van der Waals surface area contributed by atoms with E-state index in [2.05, 4.69) is 6.92 Å². The molecule has 0 aromatic heterocycles. The van der Waals surface area contributed by atoms with Crippen molar-refractivity contribution in [1.82, 2.24) is 0 Å². The van der Waals surface area contributed by atoms with Gasteiger partial charge in [0.1, 0.15) is 0 Å². The number of halogens is 4. The Bertz CT molecular complexity index is 492. The molecule has 0 spiro atoms. The number of ether oxygens (including phenoxy) is 1. The summed E-state index contributed by atoms with van der Waals surface area (Å²) >= 11 is 5.65. The molecule has 0 aliphatic carbocycles. The van der Waals surface area contributed by atoms with Crippen LogP contribution in [0.5, 0.6) is 0 Å². The summed E-state index contributed by atoms with van der Waals surface area (Å²) in [5.74, 6) is 0.420. The van der Waals surface area contributed by atoms with E-state index in [9.17, 15) is 13.2 Å². The van der Waals surface area contributed by atoms with Crippen molar-refractivity contribution in [2.75, 3.05) is 25.1 Å². The largest absolute Gasteiger partial charge is 0.418 e. The highest BCUT2D eigenvalue weighted by molar-refractivity contribution is 6.17. The van der Waals surface area contributed by atoms with Gasteiger partial charge in [-0.05, 0) is 30.0 Å². The molecule has 0 bridgehead atoms. The van der Waals surface area contributed by atoms with Gasteiger partial charge >= 0.3 is 6.18 Å². The second kappa shape index (κ2) is 6.44. The van der Waals surface area contributed by atoms with E-state index in [4.69, 9.17) is 16.3 Å². The van der Waals surface area contributed by atoms with Gasteiger partial charge in [-0.1, -0.05) is 13.0 Å². The van der Waals surface area contributed by atoms with Crippen LogP contribution in [0.2, 0.25) is 0 Å². The normalized spacial score (nSPS) is 23.4. The van der Waals surface area contributed by atoms with Gasteiger partial charge in [0.25, 0.3) is 0 Å². The van der Waals surface area contributed by atoms with Crippen LogP contribution in [0.25, 0.3) is 0 Å². The standard InChI is InChI=1S/C15H19ClF3NO/c1-10-5-6-20(9-14(10)21-2)13-4-3-11(8-16)7-12(13)15(17,18)19/h3-4,7,10,14H,5-6,8-9H2,1-2H3. The summed E-state index contributed by atoms with van der Waals surface area (Å²) in [7, 11) is 1.60. The molecule has 1 aromatic rings. The topological polar surface area (TPSA) is 12.5 Å². The maximum atomic E-state index is 13.3. The Labute approximate surface area is 127 Å². The highest BCUT2D eigenvalue weighted by Gasteiger charge is 2.37. The molecule has 0 N–H and O–H groups in total. The molecule has 1 heterocycles. The molecule has 1 aliphatic rings. The van der Waals surface area contributed by atoms with Crippen molar-refractivity contribution < 1.29 is 17.9 Å². The zero-order valence-electron chi connectivity index (χ0n) is 12.1. The summed E-state index contributed by atoms with van der Waals surface area (Å²) in [5.41, 5.74) is 0.0665. The second-order valence-corrected chi connectivity index (χ2v) is 5.74. The maximum absolute atomic E-state index is 13.3. The molecule has 1 fully saturated rings. The molecule has 2 nitrogen and oxygen atoms in total.